The van der Waals surface area contributed by atoms with Gasteiger partial charge in [0.15, 0.2) is 0 Å². The monoisotopic (exact) mass is 329 g/mol. The molecule has 0 saturated carbocycles. The average molecular weight is 329 g/mol. The molecule has 0 aliphatic carbocycles. The Balaban J connectivity index is 3.40. The molecule has 1 saturated heterocycles. The number of esters is 2. The average Bonchev–Trinajstić information content (AvgIpc) is 2.43. The number of methoxy groups -OCH3 is 2. The van der Waals surface area contributed by atoms with Gasteiger partial charge in [0, 0.05) is 0 Å². The molecule has 1 aliphatic heterocycles. The van der Waals surface area contributed by atoms with Crippen molar-refractivity contribution in [1.82, 2.24) is 4.90 Å². The molecule has 1 rings (SSSR count). The fourth-order valence-corrected chi connectivity index (χ4v) is 3.08. The minimum atomic E-state index is -1.29. The smallest absolute Gasteiger partial charge is 0.412 e. The molecule has 0 bridgehead atoms. The molecule has 2 atom stereocenters. The minimum absolute atomic E-state index is 0.380. The van der Waals surface area contributed by atoms with Crippen LogP contribution in [0.15, 0.2) is 0 Å². The van der Waals surface area contributed by atoms with Gasteiger partial charge in [-0.1, -0.05) is 0 Å². The van der Waals surface area contributed by atoms with Gasteiger partial charge in [-0.25, -0.2) is 14.4 Å². The first-order chi connectivity index (χ1) is 10.4. The molecule has 23 heavy (non-hydrogen) atoms. The number of piperidine rings is 1. The number of carbonyl (C=O) groups excluding carboxylic acids is 3. The van der Waals surface area contributed by atoms with Crippen LogP contribution in [0.2, 0.25) is 0 Å². The highest BCUT2D eigenvalue weighted by Gasteiger charge is 2.59. The summed E-state index contributed by atoms with van der Waals surface area (Å²) in [5, 5.41) is 0. The Morgan fingerprint density at radius 2 is 1.30 bits per heavy atom. The van der Waals surface area contributed by atoms with E-state index in [1.165, 1.54) is 19.1 Å². The second kappa shape index (κ2) is 6.37. The number of hydrogen-bond acceptors (Lipinski definition) is 6. The normalized spacial score (nSPS) is 28.0. The van der Waals surface area contributed by atoms with Gasteiger partial charge < -0.3 is 14.2 Å². The van der Waals surface area contributed by atoms with Crippen LogP contribution in [-0.4, -0.2) is 53.8 Å². The molecule has 1 amide bonds. The summed E-state index contributed by atoms with van der Waals surface area (Å²) in [5.74, 6) is -1.17. The van der Waals surface area contributed by atoms with Crippen LogP contribution < -0.4 is 0 Å². The van der Waals surface area contributed by atoms with Gasteiger partial charge in [-0.2, -0.15) is 0 Å². The highest BCUT2D eigenvalue weighted by molar-refractivity contribution is 5.92. The number of carbonyl (C=O) groups is 3. The van der Waals surface area contributed by atoms with Crippen molar-refractivity contribution in [3.63, 3.8) is 0 Å². The Morgan fingerprint density at radius 3 is 1.61 bits per heavy atom. The topological polar surface area (TPSA) is 82.1 Å². The second-order valence-electron chi connectivity index (χ2n) is 7.20. The predicted molar refractivity (Wildman–Crippen MR) is 82.8 cm³/mol. The number of amides is 1. The Morgan fingerprint density at radius 1 is 0.913 bits per heavy atom. The molecular weight excluding hydrogens is 302 g/mol. The SMILES string of the molecule is COC(=O)[C@@]1(C)CCC[C@](C)(C(=O)OC)N1C(=O)OC(C)(C)C. The molecule has 7 nitrogen and oxygen atoms in total. The maximum atomic E-state index is 12.8. The van der Waals surface area contributed by atoms with Crippen LogP contribution in [-0.2, 0) is 23.8 Å². The van der Waals surface area contributed by atoms with Crippen LogP contribution in [0.5, 0.6) is 0 Å². The van der Waals surface area contributed by atoms with E-state index in [1.807, 2.05) is 0 Å². The van der Waals surface area contributed by atoms with Crippen molar-refractivity contribution < 1.29 is 28.6 Å². The molecule has 1 heterocycles. The zero-order valence-corrected chi connectivity index (χ0v) is 15.0. The van der Waals surface area contributed by atoms with Gasteiger partial charge in [0.2, 0.25) is 0 Å². The summed E-state index contributed by atoms with van der Waals surface area (Å²) in [7, 11) is 2.51. The van der Waals surface area contributed by atoms with Crippen molar-refractivity contribution in [2.45, 2.75) is 70.6 Å². The Kier molecular flexibility index (Phi) is 5.34. The molecule has 0 N–H and O–H groups in total. The Labute approximate surface area is 137 Å². The molecule has 0 aromatic heterocycles. The third-order valence-corrected chi connectivity index (χ3v) is 4.14. The third kappa shape index (κ3) is 3.59. The molecule has 132 valence electrons. The zero-order valence-electron chi connectivity index (χ0n) is 15.0. The number of hydrogen-bond donors (Lipinski definition) is 0. The number of rotatable bonds is 2. The van der Waals surface area contributed by atoms with Crippen molar-refractivity contribution in [3.05, 3.63) is 0 Å². The zero-order chi connectivity index (χ0) is 18.1. The van der Waals surface area contributed by atoms with E-state index in [0.717, 1.165) is 0 Å². The summed E-state index contributed by atoms with van der Waals surface area (Å²) in [6.07, 6.45) is 0.603. The van der Waals surface area contributed by atoms with Gasteiger partial charge in [0.25, 0.3) is 0 Å². The molecule has 1 aliphatic rings. The number of likely N-dealkylation sites (tertiary alicyclic amines) is 1. The molecular formula is C16H27NO6. The lowest BCUT2D eigenvalue weighted by Gasteiger charge is -2.51. The third-order valence-electron chi connectivity index (χ3n) is 4.14. The van der Waals surface area contributed by atoms with Crippen molar-refractivity contribution in [3.8, 4) is 0 Å². The number of ether oxygens (including phenoxy) is 3. The first-order valence-corrected chi connectivity index (χ1v) is 7.62. The first kappa shape index (κ1) is 19.3. The molecule has 0 aromatic carbocycles. The fourth-order valence-electron chi connectivity index (χ4n) is 3.08. The van der Waals surface area contributed by atoms with Crippen LogP contribution in [0.3, 0.4) is 0 Å². The van der Waals surface area contributed by atoms with Crippen molar-refractivity contribution in [2.24, 2.45) is 0 Å². The van der Waals surface area contributed by atoms with E-state index < -0.39 is 34.7 Å². The van der Waals surface area contributed by atoms with Crippen molar-refractivity contribution in [1.29, 1.82) is 0 Å². The van der Waals surface area contributed by atoms with Gasteiger partial charge in [-0.15, -0.1) is 0 Å². The van der Waals surface area contributed by atoms with E-state index in [4.69, 9.17) is 14.2 Å². The van der Waals surface area contributed by atoms with Crippen LogP contribution in [0.1, 0.15) is 53.9 Å². The lowest BCUT2D eigenvalue weighted by atomic mass is 9.78. The quantitative estimate of drug-likeness (QED) is 0.571. The molecule has 0 spiro atoms. The van der Waals surface area contributed by atoms with Crippen molar-refractivity contribution in [2.75, 3.05) is 14.2 Å². The van der Waals surface area contributed by atoms with E-state index in [9.17, 15) is 14.4 Å². The van der Waals surface area contributed by atoms with Crippen molar-refractivity contribution >= 4 is 18.0 Å². The predicted octanol–water partition coefficient (Wildman–Crippen LogP) is 2.27. The Hall–Kier alpha value is -1.79. The largest absolute Gasteiger partial charge is 0.467 e. The molecule has 1 fully saturated rings. The van der Waals surface area contributed by atoms with E-state index >= 15 is 0 Å². The maximum Gasteiger partial charge on any atom is 0.412 e. The summed E-state index contributed by atoms with van der Waals surface area (Å²) in [4.78, 5) is 38.6. The molecule has 0 unspecified atom stereocenters. The van der Waals surface area contributed by atoms with E-state index in [2.05, 4.69) is 0 Å². The van der Waals surface area contributed by atoms with Crippen LogP contribution in [0.4, 0.5) is 4.79 Å². The highest BCUT2D eigenvalue weighted by Crippen LogP contribution is 2.41. The van der Waals surface area contributed by atoms with Crippen LogP contribution in [0.25, 0.3) is 0 Å². The minimum Gasteiger partial charge on any atom is -0.467 e. The highest BCUT2D eigenvalue weighted by atomic mass is 16.6. The summed E-state index contributed by atoms with van der Waals surface area (Å²) >= 11 is 0. The lowest BCUT2D eigenvalue weighted by molar-refractivity contribution is -0.174. The van der Waals surface area contributed by atoms with Crippen LogP contribution in [0, 0.1) is 0 Å². The van der Waals surface area contributed by atoms with Gasteiger partial charge >= 0.3 is 18.0 Å². The van der Waals surface area contributed by atoms with E-state index in [0.29, 0.717) is 19.3 Å². The standard InChI is InChI=1S/C16H27NO6/c1-14(2,3)23-13(20)17-15(4,11(18)21-6)9-8-10-16(17,5)12(19)22-7/h8-10H2,1-7H3/t15-,16-/m1/s1. The van der Waals surface area contributed by atoms with E-state index in [-0.39, 0.29) is 0 Å². The molecule has 0 aromatic rings. The fraction of sp³-hybridized carbons (Fsp3) is 0.812. The first-order valence-electron chi connectivity index (χ1n) is 7.62. The lowest BCUT2D eigenvalue weighted by Crippen LogP contribution is -2.70. The molecule has 0 radical (unpaired) electrons. The second-order valence-corrected chi connectivity index (χ2v) is 7.20. The van der Waals surface area contributed by atoms with Gasteiger partial charge in [0.1, 0.15) is 16.7 Å². The summed E-state index contributed by atoms with van der Waals surface area (Å²) < 4.78 is 15.2. The van der Waals surface area contributed by atoms with Gasteiger partial charge in [-0.3, -0.25) is 4.90 Å². The summed E-state index contributed by atoms with van der Waals surface area (Å²) in [5.41, 5.74) is -3.35. The van der Waals surface area contributed by atoms with Gasteiger partial charge in [0.05, 0.1) is 14.2 Å². The molecule has 7 heteroatoms. The summed E-state index contributed by atoms with van der Waals surface area (Å²) in [6.45, 7) is 8.34. The maximum absolute atomic E-state index is 12.8. The number of nitrogens with zero attached hydrogens (tertiary/aromatic N) is 1. The van der Waals surface area contributed by atoms with Crippen LogP contribution >= 0.6 is 0 Å². The van der Waals surface area contributed by atoms with E-state index in [1.54, 1.807) is 34.6 Å². The Bertz CT molecular complexity index is 467. The van der Waals surface area contributed by atoms with Gasteiger partial charge in [-0.05, 0) is 53.9 Å². The summed E-state index contributed by atoms with van der Waals surface area (Å²) in [6, 6.07) is 0.